The van der Waals surface area contributed by atoms with Crippen LogP contribution in [-0.2, 0) is 4.79 Å². The topological polar surface area (TPSA) is 58.6 Å². The van der Waals surface area contributed by atoms with Crippen LogP contribution in [0.15, 0.2) is 24.3 Å². The molecule has 0 aromatic heterocycles. The van der Waals surface area contributed by atoms with E-state index in [4.69, 9.17) is 4.74 Å². The number of rotatable bonds is 9. The smallest absolute Gasteiger partial charge is 0.251 e. The van der Waals surface area contributed by atoms with Gasteiger partial charge in [0.25, 0.3) is 5.91 Å². The van der Waals surface area contributed by atoms with Crippen molar-refractivity contribution < 1.29 is 14.3 Å². The summed E-state index contributed by atoms with van der Waals surface area (Å²) < 4.78 is 5.42. The van der Waals surface area contributed by atoms with E-state index in [1.54, 1.807) is 24.3 Å². The molecule has 2 amide bonds. The van der Waals surface area contributed by atoms with E-state index in [0.29, 0.717) is 24.1 Å². The lowest BCUT2D eigenvalue weighted by atomic mass is 9.98. The van der Waals surface area contributed by atoms with E-state index < -0.39 is 6.04 Å². The Morgan fingerprint density at radius 2 is 1.67 bits per heavy atom. The van der Waals surface area contributed by atoms with Crippen molar-refractivity contribution >= 4 is 11.8 Å². The zero-order valence-electron chi connectivity index (χ0n) is 17.5. The SMILES string of the molecule is CCOc1ccc(C(=O)NC(C(=O)N(C2CC2)C(C)C(C)C)C(C)C)cc1. The van der Waals surface area contributed by atoms with Gasteiger partial charge < -0.3 is 15.0 Å². The van der Waals surface area contributed by atoms with Gasteiger partial charge >= 0.3 is 0 Å². The van der Waals surface area contributed by atoms with Gasteiger partial charge in [0.05, 0.1) is 6.61 Å². The molecule has 2 unspecified atom stereocenters. The molecule has 27 heavy (non-hydrogen) atoms. The summed E-state index contributed by atoms with van der Waals surface area (Å²) >= 11 is 0. The summed E-state index contributed by atoms with van der Waals surface area (Å²) in [5.41, 5.74) is 0.534. The number of benzene rings is 1. The molecule has 1 aliphatic carbocycles. The second-order valence-electron chi connectivity index (χ2n) is 8.11. The Kier molecular flexibility index (Phi) is 7.28. The summed E-state index contributed by atoms with van der Waals surface area (Å²) in [6, 6.07) is 6.98. The monoisotopic (exact) mass is 374 g/mol. The molecule has 1 aromatic rings. The molecule has 150 valence electrons. The van der Waals surface area contributed by atoms with E-state index >= 15 is 0 Å². The Morgan fingerprint density at radius 1 is 1.07 bits per heavy atom. The summed E-state index contributed by atoms with van der Waals surface area (Å²) in [6.45, 7) is 12.8. The third kappa shape index (κ3) is 5.47. The second-order valence-corrected chi connectivity index (χ2v) is 8.11. The molecule has 5 heteroatoms. The lowest BCUT2D eigenvalue weighted by Gasteiger charge is -2.36. The molecule has 2 atom stereocenters. The molecule has 2 rings (SSSR count). The van der Waals surface area contributed by atoms with Gasteiger partial charge in [0.2, 0.25) is 5.91 Å². The fourth-order valence-corrected chi connectivity index (χ4v) is 3.16. The fraction of sp³-hybridized carbons (Fsp3) is 0.636. The maximum atomic E-state index is 13.3. The number of hydrogen-bond donors (Lipinski definition) is 1. The number of hydrogen-bond acceptors (Lipinski definition) is 3. The predicted octanol–water partition coefficient (Wildman–Crippen LogP) is 3.88. The summed E-state index contributed by atoms with van der Waals surface area (Å²) in [5, 5.41) is 2.97. The van der Waals surface area contributed by atoms with Crippen molar-refractivity contribution in [3.8, 4) is 5.75 Å². The van der Waals surface area contributed by atoms with Crippen molar-refractivity contribution in [1.82, 2.24) is 10.2 Å². The van der Waals surface area contributed by atoms with Crippen LogP contribution in [0, 0.1) is 11.8 Å². The molecule has 0 radical (unpaired) electrons. The second kappa shape index (κ2) is 9.25. The highest BCUT2D eigenvalue weighted by Gasteiger charge is 2.40. The van der Waals surface area contributed by atoms with Gasteiger partial charge in [0, 0.05) is 17.6 Å². The van der Waals surface area contributed by atoms with Crippen LogP contribution in [0.25, 0.3) is 0 Å². The summed E-state index contributed by atoms with van der Waals surface area (Å²) in [7, 11) is 0. The van der Waals surface area contributed by atoms with Crippen LogP contribution in [0.2, 0.25) is 0 Å². The van der Waals surface area contributed by atoms with Gasteiger partial charge in [-0.2, -0.15) is 0 Å². The van der Waals surface area contributed by atoms with Gasteiger partial charge in [0.15, 0.2) is 0 Å². The third-order valence-corrected chi connectivity index (χ3v) is 5.25. The summed E-state index contributed by atoms with van der Waals surface area (Å²) in [5.74, 6) is 0.941. The first-order valence-electron chi connectivity index (χ1n) is 10.1. The number of ether oxygens (including phenoxy) is 1. The quantitative estimate of drug-likeness (QED) is 0.714. The lowest BCUT2D eigenvalue weighted by molar-refractivity contribution is -0.138. The molecule has 1 saturated carbocycles. The maximum absolute atomic E-state index is 13.3. The molecule has 0 heterocycles. The van der Waals surface area contributed by atoms with E-state index in [1.807, 2.05) is 25.7 Å². The maximum Gasteiger partial charge on any atom is 0.251 e. The largest absolute Gasteiger partial charge is 0.494 e. The van der Waals surface area contributed by atoms with Crippen molar-refractivity contribution in [2.45, 2.75) is 72.5 Å². The third-order valence-electron chi connectivity index (χ3n) is 5.25. The molecular formula is C22H34N2O3. The van der Waals surface area contributed by atoms with Crippen LogP contribution in [0.5, 0.6) is 5.75 Å². The lowest BCUT2D eigenvalue weighted by Crippen LogP contribution is -2.55. The zero-order valence-corrected chi connectivity index (χ0v) is 17.5. The average molecular weight is 375 g/mol. The molecule has 0 spiro atoms. The Bertz CT molecular complexity index is 635. The predicted molar refractivity (Wildman–Crippen MR) is 108 cm³/mol. The van der Waals surface area contributed by atoms with Crippen LogP contribution in [-0.4, -0.2) is 41.4 Å². The molecule has 0 aliphatic heterocycles. The van der Waals surface area contributed by atoms with E-state index in [9.17, 15) is 9.59 Å². The number of carbonyl (C=O) groups excluding carboxylic acids is 2. The van der Waals surface area contributed by atoms with Crippen LogP contribution in [0.4, 0.5) is 0 Å². The normalized spacial score (nSPS) is 16.1. The Hall–Kier alpha value is -2.04. The molecular weight excluding hydrogens is 340 g/mol. The Balaban J connectivity index is 2.13. The molecule has 5 nitrogen and oxygen atoms in total. The minimum Gasteiger partial charge on any atom is -0.494 e. The van der Waals surface area contributed by atoms with Crippen LogP contribution < -0.4 is 10.1 Å². The number of amides is 2. The highest BCUT2D eigenvalue weighted by molar-refractivity contribution is 5.97. The van der Waals surface area contributed by atoms with E-state index in [1.165, 1.54) is 0 Å². The fourth-order valence-electron chi connectivity index (χ4n) is 3.16. The van der Waals surface area contributed by atoms with Crippen LogP contribution >= 0.6 is 0 Å². The number of nitrogens with one attached hydrogen (secondary N) is 1. The first kappa shape index (κ1) is 21.3. The van der Waals surface area contributed by atoms with Gasteiger partial charge in [-0.1, -0.05) is 27.7 Å². The van der Waals surface area contributed by atoms with Crippen molar-refractivity contribution in [2.75, 3.05) is 6.61 Å². The van der Waals surface area contributed by atoms with Crippen molar-refractivity contribution in [3.05, 3.63) is 29.8 Å². The first-order chi connectivity index (χ1) is 12.8. The minimum atomic E-state index is -0.522. The zero-order chi connectivity index (χ0) is 20.1. The van der Waals surface area contributed by atoms with Gasteiger partial charge in [-0.25, -0.2) is 0 Å². The average Bonchev–Trinajstić information content (AvgIpc) is 3.44. The van der Waals surface area contributed by atoms with E-state index in [-0.39, 0.29) is 23.8 Å². The van der Waals surface area contributed by atoms with Gasteiger partial charge in [-0.15, -0.1) is 0 Å². The Morgan fingerprint density at radius 3 is 2.11 bits per heavy atom. The number of carbonyl (C=O) groups is 2. The van der Waals surface area contributed by atoms with Gasteiger partial charge in [-0.05, 0) is 62.8 Å². The van der Waals surface area contributed by atoms with Gasteiger partial charge in [-0.3, -0.25) is 9.59 Å². The Labute approximate surface area is 163 Å². The molecule has 1 aliphatic rings. The molecule has 1 aromatic carbocycles. The highest BCUT2D eigenvalue weighted by Crippen LogP contribution is 2.32. The molecule has 0 saturated heterocycles. The molecule has 1 N–H and O–H groups in total. The van der Waals surface area contributed by atoms with E-state index in [2.05, 4.69) is 26.1 Å². The standard InChI is InChI=1S/C22H34N2O3/c1-7-27-19-12-8-17(9-13-19)21(25)23-20(15(4)5)22(26)24(18-10-11-18)16(6)14(2)3/h8-9,12-16,18,20H,7,10-11H2,1-6H3,(H,23,25). The summed E-state index contributed by atoms with van der Waals surface area (Å²) in [4.78, 5) is 28.0. The minimum absolute atomic E-state index is 0.0183. The van der Waals surface area contributed by atoms with Crippen molar-refractivity contribution in [2.24, 2.45) is 11.8 Å². The molecule has 1 fully saturated rings. The van der Waals surface area contributed by atoms with Crippen LogP contribution in [0.3, 0.4) is 0 Å². The molecule has 0 bridgehead atoms. The van der Waals surface area contributed by atoms with Crippen molar-refractivity contribution in [1.29, 1.82) is 0 Å². The van der Waals surface area contributed by atoms with Crippen molar-refractivity contribution in [3.63, 3.8) is 0 Å². The summed E-state index contributed by atoms with van der Waals surface area (Å²) in [6.07, 6.45) is 2.11. The number of nitrogens with zero attached hydrogens (tertiary/aromatic N) is 1. The van der Waals surface area contributed by atoms with Crippen LogP contribution in [0.1, 0.15) is 64.7 Å². The van der Waals surface area contributed by atoms with Gasteiger partial charge in [0.1, 0.15) is 11.8 Å². The first-order valence-corrected chi connectivity index (χ1v) is 10.1. The van der Waals surface area contributed by atoms with E-state index in [0.717, 1.165) is 18.6 Å². The highest BCUT2D eigenvalue weighted by atomic mass is 16.5.